The topological polar surface area (TPSA) is 32.3 Å². The van der Waals surface area contributed by atoms with Crippen molar-refractivity contribution in [3.63, 3.8) is 0 Å². The van der Waals surface area contributed by atoms with Crippen LogP contribution in [0.1, 0.15) is 38.8 Å². The van der Waals surface area contributed by atoms with Crippen LogP contribution in [0.5, 0.6) is 0 Å². The van der Waals surface area contributed by atoms with Crippen LogP contribution in [0.25, 0.3) is 0 Å². The molecule has 1 fully saturated rings. The van der Waals surface area contributed by atoms with Crippen molar-refractivity contribution in [2.24, 2.45) is 0 Å². The van der Waals surface area contributed by atoms with Crippen LogP contribution in [0, 0.1) is 0 Å². The van der Waals surface area contributed by atoms with Gasteiger partial charge in [-0.05, 0) is 25.8 Å². The predicted octanol–water partition coefficient (Wildman–Crippen LogP) is 2.35. The summed E-state index contributed by atoms with van der Waals surface area (Å²) in [6.45, 7) is 7.01. The van der Waals surface area contributed by atoms with Crippen LogP contribution in [0.4, 0.5) is 0 Å². The molecule has 0 radical (unpaired) electrons. The zero-order chi connectivity index (χ0) is 13.1. The van der Waals surface area contributed by atoms with E-state index < -0.39 is 0 Å². The van der Waals surface area contributed by atoms with Gasteiger partial charge < -0.3 is 5.32 Å². The first-order valence-electron chi connectivity index (χ1n) is 6.65. The van der Waals surface area contributed by atoms with Gasteiger partial charge in [-0.15, -0.1) is 0 Å². The summed E-state index contributed by atoms with van der Waals surface area (Å²) in [4.78, 5) is 13.6. The van der Waals surface area contributed by atoms with Gasteiger partial charge in [-0.3, -0.25) is 9.69 Å². The first-order valence-corrected chi connectivity index (χ1v) is 6.65. The van der Waals surface area contributed by atoms with E-state index >= 15 is 0 Å². The van der Waals surface area contributed by atoms with Crippen LogP contribution in [-0.4, -0.2) is 29.4 Å². The molecule has 3 unspecified atom stereocenters. The van der Waals surface area contributed by atoms with Crippen LogP contribution in [-0.2, 0) is 4.79 Å². The fourth-order valence-electron chi connectivity index (χ4n) is 2.91. The first kappa shape index (κ1) is 13.1. The lowest BCUT2D eigenvalue weighted by atomic mass is 10.1. The highest BCUT2D eigenvalue weighted by Crippen LogP contribution is 2.28. The molecule has 1 saturated heterocycles. The molecule has 1 aliphatic heterocycles. The smallest absolute Gasteiger partial charge is 0.217 e. The van der Waals surface area contributed by atoms with E-state index in [1.807, 2.05) is 6.07 Å². The zero-order valence-corrected chi connectivity index (χ0v) is 11.4. The molecule has 0 aromatic heterocycles. The molecule has 3 atom stereocenters. The molecule has 1 aromatic rings. The average molecular weight is 246 g/mol. The van der Waals surface area contributed by atoms with Gasteiger partial charge in [0.25, 0.3) is 0 Å². The molecule has 98 valence electrons. The van der Waals surface area contributed by atoms with Crippen LogP contribution < -0.4 is 5.32 Å². The molecule has 3 heteroatoms. The maximum atomic E-state index is 11.1. The van der Waals surface area contributed by atoms with Crippen molar-refractivity contribution in [2.75, 3.05) is 6.54 Å². The van der Waals surface area contributed by atoms with Crippen LogP contribution in [0.15, 0.2) is 30.3 Å². The Morgan fingerprint density at radius 3 is 2.67 bits per heavy atom. The van der Waals surface area contributed by atoms with E-state index in [1.54, 1.807) is 6.92 Å². The van der Waals surface area contributed by atoms with Crippen molar-refractivity contribution in [1.82, 2.24) is 10.2 Å². The fourth-order valence-corrected chi connectivity index (χ4v) is 2.91. The van der Waals surface area contributed by atoms with Crippen molar-refractivity contribution in [3.8, 4) is 0 Å². The molecule has 0 bridgehead atoms. The second-order valence-corrected chi connectivity index (χ2v) is 5.27. The van der Waals surface area contributed by atoms with Gasteiger partial charge in [0.2, 0.25) is 5.91 Å². The van der Waals surface area contributed by atoms with Gasteiger partial charge in [0.05, 0.1) is 0 Å². The molecule has 1 heterocycles. The highest BCUT2D eigenvalue weighted by Gasteiger charge is 2.32. The Hall–Kier alpha value is -1.35. The third-order valence-corrected chi connectivity index (χ3v) is 3.81. The molecule has 0 saturated carbocycles. The number of rotatable bonds is 3. The Kier molecular flexibility index (Phi) is 4.02. The summed E-state index contributed by atoms with van der Waals surface area (Å²) in [6, 6.07) is 11.8. The number of nitrogens with zero attached hydrogens (tertiary/aromatic N) is 1. The minimum Gasteiger partial charge on any atom is -0.352 e. The van der Waals surface area contributed by atoms with Gasteiger partial charge in [0.1, 0.15) is 0 Å². The van der Waals surface area contributed by atoms with Gasteiger partial charge in [0.15, 0.2) is 0 Å². The quantitative estimate of drug-likeness (QED) is 0.888. The second kappa shape index (κ2) is 5.53. The van der Waals surface area contributed by atoms with Crippen molar-refractivity contribution < 1.29 is 4.79 Å². The molecule has 1 aromatic carbocycles. The number of carbonyl (C=O) groups is 1. The van der Waals surface area contributed by atoms with Crippen molar-refractivity contribution >= 4 is 5.91 Å². The first-order chi connectivity index (χ1) is 8.58. The predicted molar refractivity (Wildman–Crippen MR) is 73.2 cm³/mol. The van der Waals surface area contributed by atoms with E-state index in [9.17, 15) is 4.79 Å². The van der Waals surface area contributed by atoms with E-state index in [2.05, 4.69) is 48.3 Å². The van der Waals surface area contributed by atoms with Crippen LogP contribution >= 0.6 is 0 Å². The van der Waals surface area contributed by atoms with Crippen LogP contribution in [0.3, 0.4) is 0 Å². The van der Waals surface area contributed by atoms with E-state index in [0.717, 1.165) is 13.0 Å². The standard InChI is InChI=1S/C15H22N2O/c1-11-9-15(16-13(3)18)10-17(11)12(2)14-7-5-4-6-8-14/h4-8,11-12,15H,9-10H2,1-3H3,(H,16,18). The summed E-state index contributed by atoms with van der Waals surface area (Å²) in [6.07, 6.45) is 1.04. The molecule has 18 heavy (non-hydrogen) atoms. The molecular weight excluding hydrogens is 224 g/mol. The summed E-state index contributed by atoms with van der Waals surface area (Å²) in [5.41, 5.74) is 1.34. The van der Waals surface area contributed by atoms with Crippen molar-refractivity contribution in [1.29, 1.82) is 0 Å². The monoisotopic (exact) mass is 246 g/mol. The number of amides is 1. The van der Waals surface area contributed by atoms with Gasteiger partial charge in [-0.25, -0.2) is 0 Å². The van der Waals surface area contributed by atoms with E-state index in [-0.39, 0.29) is 5.91 Å². The van der Waals surface area contributed by atoms with Gasteiger partial charge in [0, 0.05) is 31.6 Å². The van der Waals surface area contributed by atoms with Gasteiger partial charge in [-0.1, -0.05) is 30.3 Å². The Labute approximate surface area is 109 Å². The Balaban J connectivity index is 2.03. The molecule has 0 spiro atoms. The van der Waals surface area contributed by atoms with E-state index in [4.69, 9.17) is 0 Å². The normalized spacial score (nSPS) is 25.9. The molecule has 1 aliphatic rings. The number of benzene rings is 1. The third-order valence-electron chi connectivity index (χ3n) is 3.81. The molecule has 3 nitrogen and oxygen atoms in total. The summed E-state index contributed by atoms with van der Waals surface area (Å²) in [5.74, 6) is 0.0708. The van der Waals surface area contributed by atoms with E-state index in [0.29, 0.717) is 18.1 Å². The SMILES string of the molecule is CC(=O)NC1CC(C)N(C(C)c2ccccc2)C1. The summed E-state index contributed by atoms with van der Waals surface area (Å²) >= 11 is 0. The van der Waals surface area contributed by atoms with Gasteiger partial charge in [-0.2, -0.15) is 0 Å². The average Bonchev–Trinajstić information content (AvgIpc) is 2.69. The number of hydrogen-bond donors (Lipinski definition) is 1. The Bertz CT molecular complexity index is 404. The summed E-state index contributed by atoms with van der Waals surface area (Å²) in [7, 11) is 0. The number of carbonyl (C=O) groups excluding carboxylic acids is 1. The lowest BCUT2D eigenvalue weighted by Crippen LogP contribution is -2.36. The molecule has 1 N–H and O–H groups in total. The second-order valence-electron chi connectivity index (χ2n) is 5.27. The number of hydrogen-bond acceptors (Lipinski definition) is 2. The molecule has 0 aliphatic carbocycles. The minimum absolute atomic E-state index is 0.0708. The third kappa shape index (κ3) is 2.91. The minimum atomic E-state index is 0.0708. The molecule has 2 rings (SSSR count). The summed E-state index contributed by atoms with van der Waals surface area (Å²) < 4.78 is 0. The van der Waals surface area contributed by atoms with Crippen molar-refractivity contribution in [3.05, 3.63) is 35.9 Å². The zero-order valence-electron chi connectivity index (χ0n) is 11.4. The molecular formula is C15H22N2O. The Morgan fingerprint density at radius 1 is 1.39 bits per heavy atom. The number of likely N-dealkylation sites (tertiary alicyclic amines) is 1. The highest BCUT2D eigenvalue weighted by molar-refractivity contribution is 5.73. The molecule has 1 amide bonds. The maximum Gasteiger partial charge on any atom is 0.217 e. The maximum absolute atomic E-state index is 11.1. The van der Waals surface area contributed by atoms with Crippen molar-refractivity contribution in [2.45, 2.75) is 45.3 Å². The highest BCUT2D eigenvalue weighted by atomic mass is 16.1. The number of nitrogens with one attached hydrogen (secondary N) is 1. The fraction of sp³-hybridized carbons (Fsp3) is 0.533. The Morgan fingerprint density at radius 2 is 2.06 bits per heavy atom. The lowest BCUT2D eigenvalue weighted by molar-refractivity contribution is -0.119. The van der Waals surface area contributed by atoms with E-state index in [1.165, 1.54) is 5.56 Å². The largest absolute Gasteiger partial charge is 0.352 e. The summed E-state index contributed by atoms with van der Waals surface area (Å²) in [5, 5.41) is 3.03. The lowest BCUT2D eigenvalue weighted by Gasteiger charge is -2.28. The van der Waals surface area contributed by atoms with Crippen LogP contribution in [0.2, 0.25) is 0 Å². The van der Waals surface area contributed by atoms with Gasteiger partial charge >= 0.3 is 0 Å².